The van der Waals surface area contributed by atoms with E-state index in [2.05, 4.69) is 14.9 Å². The van der Waals surface area contributed by atoms with Gasteiger partial charge in [0.25, 0.3) is 0 Å². The summed E-state index contributed by atoms with van der Waals surface area (Å²) in [5.41, 5.74) is -0.503. The van der Waals surface area contributed by atoms with Gasteiger partial charge < -0.3 is 19.3 Å². The van der Waals surface area contributed by atoms with Gasteiger partial charge in [-0.05, 0) is 41.5 Å². The molecule has 1 aromatic heterocycles. The molecule has 0 N–H and O–H groups in total. The zero-order valence-electron chi connectivity index (χ0n) is 15.7. The number of rotatable bonds is 3. The van der Waals surface area contributed by atoms with E-state index >= 15 is 0 Å². The van der Waals surface area contributed by atoms with Crippen LogP contribution in [0.5, 0.6) is 6.01 Å². The summed E-state index contributed by atoms with van der Waals surface area (Å²) < 4.78 is 11.0. The second-order valence-electron chi connectivity index (χ2n) is 7.47. The van der Waals surface area contributed by atoms with Crippen molar-refractivity contribution in [1.29, 1.82) is 0 Å². The summed E-state index contributed by atoms with van der Waals surface area (Å²) >= 11 is 6.10. The van der Waals surface area contributed by atoms with E-state index in [1.807, 2.05) is 41.5 Å². The molecule has 0 aromatic carbocycles. The molecule has 0 bridgehead atoms. The highest BCUT2D eigenvalue weighted by molar-refractivity contribution is 6.29. The zero-order valence-corrected chi connectivity index (χ0v) is 16.5. The van der Waals surface area contributed by atoms with Crippen LogP contribution in [0.25, 0.3) is 0 Å². The van der Waals surface area contributed by atoms with Gasteiger partial charge in [-0.2, -0.15) is 9.97 Å². The van der Waals surface area contributed by atoms with Crippen LogP contribution in [-0.4, -0.2) is 58.3 Å². The van der Waals surface area contributed by atoms with Crippen LogP contribution in [-0.2, 0) is 4.74 Å². The Morgan fingerprint density at radius 2 is 2.00 bits per heavy atom. The molecule has 25 heavy (non-hydrogen) atoms. The van der Waals surface area contributed by atoms with Crippen molar-refractivity contribution in [2.75, 3.05) is 24.5 Å². The molecule has 0 spiro atoms. The smallest absolute Gasteiger partial charge is 0.410 e. The number of hydrogen-bond donors (Lipinski definition) is 0. The van der Waals surface area contributed by atoms with Gasteiger partial charge in [-0.25, -0.2) is 4.79 Å². The Bertz CT molecular complexity index is 618. The first-order chi connectivity index (χ1) is 11.5. The van der Waals surface area contributed by atoms with Crippen molar-refractivity contribution in [2.45, 2.75) is 59.3 Å². The minimum atomic E-state index is -0.503. The summed E-state index contributed by atoms with van der Waals surface area (Å²) in [7, 11) is 0. The molecule has 0 saturated carbocycles. The van der Waals surface area contributed by atoms with Crippen LogP contribution in [0, 0.1) is 0 Å². The number of aromatic nitrogens is 2. The molecule has 7 nitrogen and oxygen atoms in total. The van der Waals surface area contributed by atoms with E-state index in [-0.39, 0.29) is 24.2 Å². The van der Waals surface area contributed by atoms with Crippen molar-refractivity contribution in [1.82, 2.24) is 14.9 Å². The maximum absolute atomic E-state index is 12.3. The summed E-state index contributed by atoms with van der Waals surface area (Å²) in [6, 6.07) is 1.97. The highest BCUT2D eigenvalue weighted by Gasteiger charge is 2.31. The molecule has 1 fully saturated rings. The lowest BCUT2D eigenvalue weighted by Gasteiger charge is -2.40. The van der Waals surface area contributed by atoms with E-state index in [9.17, 15) is 4.79 Å². The van der Waals surface area contributed by atoms with E-state index in [0.717, 1.165) is 0 Å². The molecule has 0 aliphatic carbocycles. The van der Waals surface area contributed by atoms with Crippen LogP contribution in [0.4, 0.5) is 10.6 Å². The van der Waals surface area contributed by atoms with Crippen molar-refractivity contribution in [3.8, 4) is 6.01 Å². The Kier molecular flexibility index (Phi) is 5.98. The molecule has 1 aromatic rings. The lowest BCUT2D eigenvalue weighted by molar-refractivity contribution is 0.0158. The van der Waals surface area contributed by atoms with Gasteiger partial charge in [0.15, 0.2) is 0 Å². The molecule has 2 rings (SSSR count). The largest absolute Gasteiger partial charge is 0.461 e. The fraction of sp³-hybridized carbons (Fsp3) is 0.706. The maximum Gasteiger partial charge on any atom is 0.410 e. The van der Waals surface area contributed by atoms with Gasteiger partial charge in [0.05, 0.1) is 6.10 Å². The third kappa shape index (κ3) is 5.63. The van der Waals surface area contributed by atoms with E-state index in [4.69, 9.17) is 21.1 Å². The maximum atomic E-state index is 12.3. The van der Waals surface area contributed by atoms with Crippen LogP contribution >= 0.6 is 11.6 Å². The number of hydrogen-bond acceptors (Lipinski definition) is 6. The molecule has 8 heteroatoms. The monoisotopic (exact) mass is 370 g/mol. The van der Waals surface area contributed by atoms with Gasteiger partial charge in [0.1, 0.15) is 16.6 Å². The molecular weight excluding hydrogens is 344 g/mol. The fourth-order valence-electron chi connectivity index (χ4n) is 2.57. The summed E-state index contributed by atoms with van der Waals surface area (Å²) in [4.78, 5) is 24.7. The second-order valence-corrected chi connectivity index (χ2v) is 7.85. The van der Waals surface area contributed by atoms with Crippen molar-refractivity contribution in [2.24, 2.45) is 0 Å². The number of carbonyl (C=O) groups excluding carboxylic acids is 1. The Labute approximate surface area is 154 Å². The zero-order chi connectivity index (χ0) is 18.8. The van der Waals surface area contributed by atoms with Gasteiger partial charge in [-0.15, -0.1) is 0 Å². The third-order valence-corrected chi connectivity index (χ3v) is 3.78. The first kappa shape index (κ1) is 19.6. The van der Waals surface area contributed by atoms with E-state index < -0.39 is 5.60 Å². The van der Waals surface area contributed by atoms with Gasteiger partial charge in [0, 0.05) is 31.7 Å². The standard InChI is InChI=1S/C17H27ClN4O3/c1-11(2)24-15-19-13(18)9-14(20-15)21-7-8-22(12(3)10-21)16(23)25-17(4,5)6/h9,11-12H,7-8,10H2,1-6H3/t12-/m0/s1. The van der Waals surface area contributed by atoms with Crippen LogP contribution in [0.2, 0.25) is 5.15 Å². The van der Waals surface area contributed by atoms with Crippen LogP contribution in [0.15, 0.2) is 6.07 Å². The lowest BCUT2D eigenvalue weighted by atomic mass is 10.2. The molecule has 1 saturated heterocycles. The molecule has 1 amide bonds. The summed E-state index contributed by atoms with van der Waals surface area (Å²) in [5, 5.41) is 0.336. The molecule has 0 radical (unpaired) electrons. The minimum absolute atomic E-state index is 0.00759. The number of ether oxygens (including phenoxy) is 2. The highest BCUT2D eigenvalue weighted by atomic mass is 35.5. The second kappa shape index (κ2) is 7.64. The molecule has 140 valence electrons. The van der Waals surface area contributed by atoms with Crippen LogP contribution in [0.3, 0.4) is 0 Å². The summed E-state index contributed by atoms with van der Waals surface area (Å²) in [6.45, 7) is 13.2. The molecule has 1 atom stereocenters. The summed E-state index contributed by atoms with van der Waals surface area (Å²) in [6.07, 6.45) is -0.321. The van der Waals surface area contributed by atoms with Gasteiger partial charge >= 0.3 is 12.1 Å². The van der Waals surface area contributed by atoms with Crippen LogP contribution < -0.4 is 9.64 Å². The number of amides is 1. The fourth-order valence-corrected chi connectivity index (χ4v) is 2.74. The number of halogens is 1. The van der Waals surface area contributed by atoms with Crippen molar-refractivity contribution >= 4 is 23.5 Å². The quantitative estimate of drug-likeness (QED) is 0.760. The number of nitrogens with zero attached hydrogens (tertiary/aromatic N) is 4. The predicted molar refractivity (Wildman–Crippen MR) is 97.4 cm³/mol. The van der Waals surface area contributed by atoms with Crippen molar-refractivity contribution in [3.05, 3.63) is 11.2 Å². The Morgan fingerprint density at radius 1 is 1.32 bits per heavy atom. The first-order valence-electron chi connectivity index (χ1n) is 8.51. The Hall–Kier alpha value is -1.76. The number of anilines is 1. The SMILES string of the molecule is CC(C)Oc1nc(Cl)cc(N2CCN(C(=O)OC(C)(C)C)[C@@H](C)C2)n1. The Balaban J connectivity index is 2.07. The van der Waals surface area contributed by atoms with Gasteiger partial charge in [-0.1, -0.05) is 11.6 Å². The van der Waals surface area contributed by atoms with Crippen molar-refractivity contribution < 1.29 is 14.3 Å². The lowest BCUT2D eigenvalue weighted by Crippen LogP contribution is -2.55. The Morgan fingerprint density at radius 3 is 2.56 bits per heavy atom. The van der Waals surface area contributed by atoms with E-state index in [1.165, 1.54) is 0 Å². The highest BCUT2D eigenvalue weighted by Crippen LogP contribution is 2.23. The van der Waals surface area contributed by atoms with Crippen LogP contribution in [0.1, 0.15) is 41.5 Å². The third-order valence-electron chi connectivity index (χ3n) is 3.58. The molecular formula is C17H27ClN4O3. The molecule has 1 aliphatic heterocycles. The minimum Gasteiger partial charge on any atom is -0.461 e. The molecule has 2 heterocycles. The molecule has 0 unspecified atom stereocenters. The van der Waals surface area contributed by atoms with Crippen molar-refractivity contribution in [3.63, 3.8) is 0 Å². The first-order valence-corrected chi connectivity index (χ1v) is 8.89. The predicted octanol–water partition coefficient (Wildman–Crippen LogP) is 3.36. The van der Waals surface area contributed by atoms with Gasteiger partial charge in [0.2, 0.25) is 0 Å². The number of carbonyl (C=O) groups is 1. The normalized spacial score (nSPS) is 18.5. The summed E-state index contributed by atoms with van der Waals surface area (Å²) in [5.74, 6) is 0.700. The van der Waals surface area contributed by atoms with E-state index in [0.29, 0.717) is 30.6 Å². The average molecular weight is 371 g/mol. The average Bonchev–Trinajstić information content (AvgIpc) is 2.43. The van der Waals surface area contributed by atoms with Gasteiger partial charge in [-0.3, -0.25) is 0 Å². The van der Waals surface area contributed by atoms with E-state index in [1.54, 1.807) is 11.0 Å². The molecule has 1 aliphatic rings. The topological polar surface area (TPSA) is 67.8 Å². The number of piperazine rings is 1.